The van der Waals surface area contributed by atoms with Crippen LogP contribution in [0.1, 0.15) is 18.4 Å². The maximum atomic E-state index is 11.8. The third-order valence-corrected chi connectivity index (χ3v) is 3.27. The first kappa shape index (κ1) is 9.85. The highest BCUT2D eigenvalue weighted by Gasteiger charge is 2.27. The molecule has 0 saturated heterocycles. The molecular weight excluding hydrogens is 200 g/mol. The van der Waals surface area contributed by atoms with E-state index >= 15 is 0 Å². The van der Waals surface area contributed by atoms with Crippen molar-refractivity contribution in [3.05, 3.63) is 29.8 Å². The van der Waals surface area contributed by atoms with Crippen LogP contribution < -0.4 is 10.2 Å². The van der Waals surface area contributed by atoms with Gasteiger partial charge in [-0.05, 0) is 24.5 Å². The van der Waals surface area contributed by atoms with Crippen LogP contribution >= 0.6 is 0 Å². The number of benzene rings is 1. The molecule has 1 aliphatic carbocycles. The minimum absolute atomic E-state index is 0.235. The van der Waals surface area contributed by atoms with Gasteiger partial charge >= 0.3 is 0 Å². The summed E-state index contributed by atoms with van der Waals surface area (Å²) < 4.78 is 0. The molecule has 1 aromatic carbocycles. The zero-order chi connectivity index (χ0) is 11.0. The molecule has 3 heteroatoms. The standard InChI is InChI=1S/C13H16N2O/c16-13-9-10-3-1-2-4-12(10)15(13)8-7-14-11-5-6-11/h1-4,11,14H,5-9H2. The first-order valence-electron chi connectivity index (χ1n) is 5.96. The number of hydrogen-bond donors (Lipinski definition) is 1. The molecule has 0 aromatic heterocycles. The summed E-state index contributed by atoms with van der Waals surface area (Å²) in [5.41, 5.74) is 2.27. The van der Waals surface area contributed by atoms with Crippen LogP contribution in [0.2, 0.25) is 0 Å². The van der Waals surface area contributed by atoms with Crippen molar-refractivity contribution in [2.45, 2.75) is 25.3 Å². The predicted molar refractivity (Wildman–Crippen MR) is 63.5 cm³/mol. The predicted octanol–water partition coefficient (Wildman–Crippen LogP) is 1.33. The molecule has 0 radical (unpaired) electrons. The van der Waals surface area contributed by atoms with Gasteiger partial charge in [0.25, 0.3) is 0 Å². The molecule has 84 valence electrons. The first-order valence-corrected chi connectivity index (χ1v) is 5.96. The van der Waals surface area contributed by atoms with Crippen LogP contribution in [0.25, 0.3) is 0 Å². The Kier molecular flexibility index (Phi) is 2.40. The van der Waals surface area contributed by atoms with Crippen molar-refractivity contribution < 1.29 is 4.79 Å². The SMILES string of the molecule is O=C1Cc2ccccc2N1CCNC1CC1. The second-order valence-corrected chi connectivity index (χ2v) is 4.58. The highest BCUT2D eigenvalue weighted by Crippen LogP contribution is 2.27. The Morgan fingerprint density at radius 3 is 2.94 bits per heavy atom. The fourth-order valence-corrected chi connectivity index (χ4v) is 2.23. The van der Waals surface area contributed by atoms with Gasteiger partial charge in [-0.3, -0.25) is 4.79 Å². The molecule has 1 fully saturated rings. The summed E-state index contributed by atoms with van der Waals surface area (Å²) in [6, 6.07) is 8.79. The van der Waals surface area contributed by atoms with E-state index in [4.69, 9.17) is 0 Å². The van der Waals surface area contributed by atoms with Crippen LogP contribution in [-0.4, -0.2) is 25.0 Å². The number of para-hydroxylation sites is 1. The van der Waals surface area contributed by atoms with Gasteiger partial charge in [0, 0.05) is 24.8 Å². The third kappa shape index (κ3) is 1.83. The Morgan fingerprint density at radius 2 is 2.12 bits per heavy atom. The van der Waals surface area contributed by atoms with E-state index in [0.717, 1.165) is 18.8 Å². The first-order chi connectivity index (χ1) is 7.84. The van der Waals surface area contributed by atoms with Crippen LogP contribution in [0.15, 0.2) is 24.3 Å². The second-order valence-electron chi connectivity index (χ2n) is 4.58. The Morgan fingerprint density at radius 1 is 1.31 bits per heavy atom. The van der Waals surface area contributed by atoms with Crippen molar-refractivity contribution in [2.24, 2.45) is 0 Å². The van der Waals surface area contributed by atoms with Crippen molar-refractivity contribution in [2.75, 3.05) is 18.0 Å². The van der Waals surface area contributed by atoms with Crippen molar-refractivity contribution in [3.8, 4) is 0 Å². The molecule has 0 unspecified atom stereocenters. The van der Waals surface area contributed by atoms with E-state index in [-0.39, 0.29) is 5.91 Å². The molecule has 1 aromatic rings. The van der Waals surface area contributed by atoms with Gasteiger partial charge in [0.2, 0.25) is 5.91 Å². The number of nitrogens with one attached hydrogen (secondary N) is 1. The molecule has 1 saturated carbocycles. The molecule has 1 aliphatic heterocycles. The second kappa shape index (κ2) is 3.91. The monoisotopic (exact) mass is 216 g/mol. The lowest BCUT2D eigenvalue weighted by Crippen LogP contribution is -2.35. The molecule has 2 aliphatic rings. The van der Waals surface area contributed by atoms with E-state index < -0.39 is 0 Å². The van der Waals surface area contributed by atoms with E-state index in [1.165, 1.54) is 18.4 Å². The average molecular weight is 216 g/mol. The molecule has 0 spiro atoms. The quantitative estimate of drug-likeness (QED) is 0.823. The van der Waals surface area contributed by atoms with Gasteiger partial charge in [0.15, 0.2) is 0 Å². The number of nitrogens with zero attached hydrogens (tertiary/aromatic N) is 1. The van der Waals surface area contributed by atoms with Gasteiger partial charge in [-0.25, -0.2) is 0 Å². The molecule has 1 N–H and O–H groups in total. The summed E-state index contributed by atoms with van der Waals surface area (Å²) in [7, 11) is 0. The van der Waals surface area contributed by atoms with E-state index in [1.807, 2.05) is 29.2 Å². The Bertz CT molecular complexity index is 412. The largest absolute Gasteiger partial charge is 0.312 e. The molecule has 3 nitrogen and oxygen atoms in total. The number of anilines is 1. The lowest BCUT2D eigenvalue weighted by Gasteiger charge is -2.17. The topological polar surface area (TPSA) is 32.3 Å². The average Bonchev–Trinajstić information content (AvgIpc) is 3.04. The lowest BCUT2D eigenvalue weighted by molar-refractivity contribution is -0.117. The van der Waals surface area contributed by atoms with Crippen molar-refractivity contribution in [1.82, 2.24) is 5.32 Å². The summed E-state index contributed by atoms with van der Waals surface area (Å²) in [6.07, 6.45) is 3.16. The third-order valence-electron chi connectivity index (χ3n) is 3.27. The smallest absolute Gasteiger partial charge is 0.231 e. The van der Waals surface area contributed by atoms with Gasteiger partial charge in [-0.2, -0.15) is 0 Å². The zero-order valence-corrected chi connectivity index (χ0v) is 9.28. The summed E-state index contributed by atoms with van der Waals surface area (Å²) in [5.74, 6) is 0.235. The Labute approximate surface area is 95.4 Å². The molecule has 3 rings (SSSR count). The molecule has 1 amide bonds. The highest BCUT2D eigenvalue weighted by molar-refractivity contribution is 6.01. The normalized spacial score (nSPS) is 19.0. The number of hydrogen-bond acceptors (Lipinski definition) is 2. The summed E-state index contributed by atoms with van der Waals surface area (Å²) in [4.78, 5) is 13.7. The fourth-order valence-electron chi connectivity index (χ4n) is 2.23. The van der Waals surface area contributed by atoms with Crippen LogP contribution in [-0.2, 0) is 11.2 Å². The van der Waals surface area contributed by atoms with Crippen molar-refractivity contribution in [3.63, 3.8) is 0 Å². The Balaban J connectivity index is 1.66. The molecule has 0 bridgehead atoms. The highest BCUT2D eigenvalue weighted by atomic mass is 16.2. The summed E-state index contributed by atoms with van der Waals surface area (Å²) in [5, 5.41) is 3.44. The Hall–Kier alpha value is -1.35. The van der Waals surface area contributed by atoms with Crippen LogP contribution in [0.5, 0.6) is 0 Å². The maximum absolute atomic E-state index is 11.8. The van der Waals surface area contributed by atoms with Crippen LogP contribution in [0.3, 0.4) is 0 Å². The van der Waals surface area contributed by atoms with Crippen LogP contribution in [0.4, 0.5) is 5.69 Å². The van der Waals surface area contributed by atoms with Gasteiger partial charge in [-0.15, -0.1) is 0 Å². The van der Waals surface area contributed by atoms with Crippen molar-refractivity contribution in [1.29, 1.82) is 0 Å². The number of amides is 1. The molecular formula is C13H16N2O. The minimum Gasteiger partial charge on any atom is -0.312 e. The summed E-state index contributed by atoms with van der Waals surface area (Å²) >= 11 is 0. The number of carbonyl (C=O) groups is 1. The molecule has 1 heterocycles. The minimum atomic E-state index is 0.235. The van der Waals surface area contributed by atoms with Gasteiger partial charge in [0.1, 0.15) is 0 Å². The molecule has 0 atom stereocenters. The molecule has 16 heavy (non-hydrogen) atoms. The van der Waals surface area contributed by atoms with E-state index in [9.17, 15) is 4.79 Å². The number of rotatable bonds is 4. The van der Waals surface area contributed by atoms with E-state index in [2.05, 4.69) is 5.32 Å². The van der Waals surface area contributed by atoms with Crippen molar-refractivity contribution >= 4 is 11.6 Å². The summed E-state index contributed by atoms with van der Waals surface area (Å²) in [6.45, 7) is 1.71. The van der Waals surface area contributed by atoms with E-state index in [0.29, 0.717) is 12.5 Å². The maximum Gasteiger partial charge on any atom is 0.231 e. The van der Waals surface area contributed by atoms with Crippen LogP contribution in [0, 0.1) is 0 Å². The van der Waals surface area contributed by atoms with Gasteiger partial charge in [0.05, 0.1) is 6.42 Å². The number of carbonyl (C=O) groups excluding carboxylic acids is 1. The zero-order valence-electron chi connectivity index (χ0n) is 9.28. The number of fused-ring (bicyclic) bond motifs is 1. The van der Waals surface area contributed by atoms with Gasteiger partial charge in [-0.1, -0.05) is 18.2 Å². The fraction of sp³-hybridized carbons (Fsp3) is 0.462. The van der Waals surface area contributed by atoms with Gasteiger partial charge < -0.3 is 10.2 Å². The lowest BCUT2D eigenvalue weighted by atomic mass is 10.2. The van der Waals surface area contributed by atoms with E-state index in [1.54, 1.807) is 0 Å².